The first-order chi connectivity index (χ1) is 9.70. The van der Waals surface area contributed by atoms with Crippen molar-refractivity contribution in [3.8, 4) is 0 Å². The second kappa shape index (κ2) is 5.27. The maximum Gasteiger partial charge on any atom is 0.235 e. The van der Waals surface area contributed by atoms with Crippen molar-refractivity contribution < 1.29 is 9.59 Å². The van der Waals surface area contributed by atoms with E-state index in [0.717, 1.165) is 31.1 Å². The predicted octanol–water partition coefficient (Wildman–Crippen LogP) is 3.02. The molecule has 0 aromatic carbocycles. The van der Waals surface area contributed by atoms with Crippen molar-refractivity contribution in [2.45, 2.75) is 64.0 Å². The summed E-state index contributed by atoms with van der Waals surface area (Å²) in [4.78, 5) is 28.9. The Kier molecular flexibility index (Phi) is 3.62. The van der Waals surface area contributed by atoms with Gasteiger partial charge >= 0.3 is 0 Å². The summed E-state index contributed by atoms with van der Waals surface area (Å²) in [6, 6.07) is 0.270. The summed E-state index contributed by atoms with van der Waals surface area (Å²) in [5.41, 5.74) is 0.351. The van der Waals surface area contributed by atoms with Crippen LogP contribution in [0.25, 0.3) is 0 Å². The lowest BCUT2D eigenvalue weighted by Crippen LogP contribution is -2.34. The fourth-order valence-corrected chi connectivity index (χ4v) is 5.51. The molecule has 0 aromatic heterocycles. The average Bonchev–Trinajstić information content (AvgIpc) is 3.08. The van der Waals surface area contributed by atoms with E-state index >= 15 is 0 Å². The lowest BCUT2D eigenvalue weighted by atomic mass is 9.68. The van der Waals surface area contributed by atoms with Crippen molar-refractivity contribution >= 4 is 12.2 Å². The minimum atomic E-state index is 0.0643. The Labute approximate surface area is 119 Å². The molecule has 0 amide bonds. The van der Waals surface area contributed by atoms with Crippen LogP contribution in [0.2, 0.25) is 0 Å². The van der Waals surface area contributed by atoms with Crippen LogP contribution in [-0.4, -0.2) is 24.2 Å². The highest BCUT2D eigenvalue weighted by Gasteiger charge is 2.62. The van der Waals surface area contributed by atoms with Crippen molar-refractivity contribution in [1.29, 1.82) is 0 Å². The van der Waals surface area contributed by atoms with E-state index in [9.17, 15) is 9.59 Å². The second-order valence-electron chi connectivity index (χ2n) is 7.03. The van der Waals surface area contributed by atoms with E-state index in [4.69, 9.17) is 0 Å². The minimum Gasteiger partial charge on any atom is -0.211 e. The maximum atomic E-state index is 10.6. The average molecular weight is 274 g/mol. The van der Waals surface area contributed by atoms with E-state index in [-0.39, 0.29) is 12.1 Å². The summed E-state index contributed by atoms with van der Waals surface area (Å²) in [5.74, 6) is 2.20. The van der Waals surface area contributed by atoms with Crippen molar-refractivity contribution in [2.24, 2.45) is 33.2 Å². The molecule has 0 radical (unpaired) electrons. The van der Waals surface area contributed by atoms with Crippen LogP contribution in [0.4, 0.5) is 0 Å². The Morgan fingerprint density at radius 2 is 2.05 bits per heavy atom. The fraction of sp³-hybridized carbons (Fsp3) is 0.875. The Morgan fingerprint density at radius 3 is 2.80 bits per heavy atom. The molecule has 0 heterocycles. The number of isocyanates is 2. The first-order valence-electron chi connectivity index (χ1n) is 7.84. The number of hydrogen-bond donors (Lipinski definition) is 0. The molecule has 4 nitrogen and oxygen atoms in total. The Hall–Kier alpha value is -1.24. The zero-order chi connectivity index (χ0) is 14.2. The molecule has 0 aliphatic heterocycles. The molecule has 3 rings (SSSR count). The fourth-order valence-electron chi connectivity index (χ4n) is 5.51. The predicted molar refractivity (Wildman–Crippen MR) is 74.7 cm³/mol. The normalized spacial score (nSPS) is 42.6. The molecule has 6 atom stereocenters. The lowest BCUT2D eigenvalue weighted by molar-refractivity contribution is 0.125. The van der Waals surface area contributed by atoms with Gasteiger partial charge in [0.1, 0.15) is 0 Å². The molecular weight excluding hydrogens is 252 g/mol. The largest absolute Gasteiger partial charge is 0.235 e. The van der Waals surface area contributed by atoms with Gasteiger partial charge < -0.3 is 0 Å². The van der Waals surface area contributed by atoms with Gasteiger partial charge in [-0.1, -0.05) is 6.42 Å². The Balaban J connectivity index is 1.76. The van der Waals surface area contributed by atoms with Gasteiger partial charge in [0.15, 0.2) is 0 Å². The first kappa shape index (κ1) is 13.7. The van der Waals surface area contributed by atoms with Gasteiger partial charge in [-0.25, -0.2) is 19.6 Å². The Bertz CT molecular complexity index is 479. The molecule has 2 bridgehead atoms. The van der Waals surface area contributed by atoms with Crippen molar-refractivity contribution in [2.75, 3.05) is 0 Å². The molecule has 108 valence electrons. The zero-order valence-corrected chi connectivity index (χ0v) is 12.0. The van der Waals surface area contributed by atoms with Crippen LogP contribution in [0, 0.1) is 23.2 Å². The van der Waals surface area contributed by atoms with Gasteiger partial charge in [-0.05, 0) is 68.6 Å². The van der Waals surface area contributed by atoms with E-state index in [0.29, 0.717) is 11.3 Å². The van der Waals surface area contributed by atoms with Crippen LogP contribution in [0.3, 0.4) is 0 Å². The molecule has 3 aliphatic rings. The van der Waals surface area contributed by atoms with Crippen LogP contribution >= 0.6 is 0 Å². The molecule has 3 fully saturated rings. The summed E-state index contributed by atoms with van der Waals surface area (Å²) in [7, 11) is 0. The highest BCUT2D eigenvalue weighted by atomic mass is 16.1. The summed E-state index contributed by atoms with van der Waals surface area (Å²) in [6.45, 7) is 1.98. The quantitative estimate of drug-likeness (QED) is 0.571. The minimum absolute atomic E-state index is 0.0643. The lowest BCUT2D eigenvalue weighted by Gasteiger charge is -2.38. The maximum absolute atomic E-state index is 10.6. The molecule has 20 heavy (non-hydrogen) atoms. The van der Waals surface area contributed by atoms with E-state index in [1.165, 1.54) is 25.7 Å². The van der Waals surface area contributed by atoms with Crippen LogP contribution < -0.4 is 0 Å². The van der Waals surface area contributed by atoms with E-state index in [2.05, 4.69) is 9.98 Å². The second-order valence-corrected chi connectivity index (χ2v) is 7.03. The summed E-state index contributed by atoms with van der Waals surface area (Å²) in [6.07, 6.45) is 11.7. The van der Waals surface area contributed by atoms with Gasteiger partial charge in [-0.15, -0.1) is 0 Å². The van der Waals surface area contributed by atoms with Crippen molar-refractivity contribution in [3.63, 3.8) is 0 Å². The SMILES string of the molecule is CC(CCC12CC(N=C=O)C(C1)C1CCCC12)N=C=O. The van der Waals surface area contributed by atoms with Gasteiger partial charge in [0.2, 0.25) is 12.2 Å². The van der Waals surface area contributed by atoms with Crippen LogP contribution in [0.15, 0.2) is 9.98 Å². The monoisotopic (exact) mass is 274 g/mol. The topological polar surface area (TPSA) is 58.9 Å². The number of aliphatic imine (C=N–C) groups is 2. The summed E-state index contributed by atoms with van der Waals surface area (Å²) < 4.78 is 0. The Morgan fingerprint density at radius 1 is 1.20 bits per heavy atom. The highest BCUT2D eigenvalue weighted by Crippen LogP contribution is 2.67. The van der Waals surface area contributed by atoms with E-state index in [1.54, 1.807) is 12.2 Å². The molecular formula is C16H22N2O2. The summed E-state index contributed by atoms with van der Waals surface area (Å²) >= 11 is 0. The highest BCUT2D eigenvalue weighted by molar-refractivity contribution is 5.35. The molecule has 4 heteroatoms. The third kappa shape index (κ3) is 2.08. The molecule has 6 unspecified atom stereocenters. The van der Waals surface area contributed by atoms with Gasteiger partial charge in [0, 0.05) is 0 Å². The van der Waals surface area contributed by atoms with Crippen molar-refractivity contribution in [1.82, 2.24) is 0 Å². The summed E-state index contributed by atoms with van der Waals surface area (Å²) in [5, 5.41) is 0. The van der Waals surface area contributed by atoms with E-state index < -0.39 is 0 Å². The standard InChI is InChI=1S/C16H22N2O2/c1-11(17-9-19)5-6-16-7-13(15(8-16)18-10-20)12-3-2-4-14(12)16/h11-15H,2-8H2,1H3. The third-order valence-corrected chi connectivity index (χ3v) is 6.21. The first-order valence-corrected chi connectivity index (χ1v) is 7.84. The smallest absolute Gasteiger partial charge is 0.211 e. The molecule has 0 N–H and O–H groups in total. The molecule has 0 saturated heterocycles. The van der Waals surface area contributed by atoms with Crippen LogP contribution in [0.1, 0.15) is 51.9 Å². The zero-order valence-electron chi connectivity index (χ0n) is 12.0. The number of nitrogens with zero attached hydrogens (tertiary/aromatic N) is 2. The van der Waals surface area contributed by atoms with Gasteiger partial charge in [0.05, 0.1) is 12.1 Å². The van der Waals surface area contributed by atoms with E-state index in [1.807, 2.05) is 6.92 Å². The van der Waals surface area contributed by atoms with Gasteiger partial charge in [-0.2, -0.15) is 0 Å². The van der Waals surface area contributed by atoms with Gasteiger partial charge in [0.25, 0.3) is 0 Å². The third-order valence-electron chi connectivity index (χ3n) is 6.21. The number of carbonyl (C=O) groups excluding carboxylic acids is 2. The molecule has 3 aliphatic carbocycles. The molecule has 0 spiro atoms. The van der Waals surface area contributed by atoms with Crippen LogP contribution in [0.5, 0.6) is 0 Å². The number of fused-ring (bicyclic) bond motifs is 5. The number of hydrogen-bond acceptors (Lipinski definition) is 4. The van der Waals surface area contributed by atoms with Gasteiger partial charge in [-0.3, -0.25) is 0 Å². The number of rotatable bonds is 5. The molecule has 0 aromatic rings. The van der Waals surface area contributed by atoms with Crippen LogP contribution in [-0.2, 0) is 9.59 Å². The van der Waals surface area contributed by atoms with Crippen molar-refractivity contribution in [3.05, 3.63) is 0 Å². The molecule has 3 saturated carbocycles.